The average Bonchev–Trinajstić information content (AvgIpc) is 3.35. The Kier molecular flexibility index (Phi) is 67.0. The highest BCUT2D eigenvalue weighted by Crippen LogP contribution is 2.06. The fourth-order valence-electron chi connectivity index (χ4n) is 5.39. The Bertz CT molecular complexity index is 1500. The molecule has 4 N–H and O–H groups in total. The van der Waals surface area contributed by atoms with Gasteiger partial charge in [0.15, 0.2) is 0 Å². The maximum Gasteiger partial charge on any atom is 0.303 e. The van der Waals surface area contributed by atoms with Gasteiger partial charge in [0.25, 0.3) is 0 Å². The van der Waals surface area contributed by atoms with Crippen LogP contribution in [0.3, 0.4) is 0 Å². The van der Waals surface area contributed by atoms with Crippen LogP contribution in [-0.4, -0.2) is 298 Å². The molecule has 0 spiro atoms. The van der Waals surface area contributed by atoms with Crippen molar-refractivity contribution >= 4 is 47.8 Å². The first kappa shape index (κ1) is 86.6. The molecule has 2 rings (SSSR count). The van der Waals surface area contributed by atoms with Gasteiger partial charge in [0, 0.05) is 121 Å². The van der Waals surface area contributed by atoms with Crippen LogP contribution in [0.4, 0.5) is 0 Å². The lowest BCUT2D eigenvalue weighted by Gasteiger charge is -2.28. The van der Waals surface area contributed by atoms with Crippen molar-refractivity contribution in [1.82, 2.24) is 24.5 Å². The maximum absolute atomic E-state index is 10.5. The summed E-state index contributed by atoms with van der Waals surface area (Å²) in [5.74, 6) is -2.08. The van der Waals surface area contributed by atoms with E-state index in [-0.39, 0.29) is 86.4 Å². The van der Waals surface area contributed by atoms with Crippen LogP contribution in [0.25, 0.3) is 0 Å². The highest BCUT2D eigenvalue weighted by molar-refractivity contribution is 5.67. The van der Waals surface area contributed by atoms with Gasteiger partial charge in [-0.3, -0.25) is 53.1 Å². The molecule has 0 radical (unpaired) electrons. The number of carbonyl (C=O) groups is 8. The molecule has 0 aromatic heterocycles. The molecule has 2 saturated heterocycles. The summed E-state index contributed by atoms with van der Waals surface area (Å²) in [5, 5.41) is 34.8. The number of esters is 8. The number of ether oxygens (including phenoxy) is 10. The van der Waals surface area contributed by atoms with Gasteiger partial charge in [0.2, 0.25) is 0 Å². The molecule has 2 fully saturated rings. The molecule has 0 amide bonds. The van der Waals surface area contributed by atoms with Crippen LogP contribution >= 0.6 is 0 Å². The minimum absolute atomic E-state index is 0.0417. The molecule has 27 heteroatoms. The smallest absolute Gasteiger partial charge is 0.303 e. The lowest BCUT2D eigenvalue weighted by Crippen LogP contribution is -2.42. The summed E-state index contributed by atoms with van der Waals surface area (Å²) < 4.78 is 47.3. The SMILES string of the molecule is CC(=O)OC(C)(C)C.CC(=O)OCC(O)CN1CCOCC1.CC(=O)OCCCCN(C)C.CC(=O)OCCCN(C)C.CC(=O)OCCN(CCO)CCO.CC(=O)OCCN1CCOCC1.CC(=O)OCCO.COC(C)=O. The molecule has 0 aromatic rings. The van der Waals surface area contributed by atoms with E-state index in [0.717, 1.165) is 78.3 Å². The Morgan fingerprint density at radius 2 is 0.850 bits per heavy atom. The molecule has 1 atom stereocenters. The molecule has 0 aromatic carbocycles. The van der Waals surface area contributed by atoms with Gasteiger partial charge in [-0.2, -0.15) is 0 Å². The number of unbranched alkanes of at least 4 members (excludes halogenated alkanes) is 1. The summed E-state index contributed by atoms with van der Waals surface area (Å²) in [5.41, 5.74) is -0.328. The number of rotatable bonds is 25. The molecule has 80 heavy (non-hydrogen) atoms. The van der Waals surface area contributed by atoms with Crippen molar-refractivity contribution in [1.29, 1.82) is 0 Å². The molecule has 27 nitrogen and oxygen atoms in total. The summed E-state index contributed by atoms with van der Waals surface area (Å²) in [7, 11) is 9.40. The highest BCUT2D eigenvalue weighted by atomic mass is 16.6. The number of carbonyl (C=O) groups excluding carboxylic acids is 8. The van der Waals surface area contributed by atoms with Gasteiger partial charge < -0.3 is 77.6 Å². The van der Waals surface area contributed by atoms with Crippen molar-refractivity contribution in [3.05, 3.63) is 0 Å². The molecule has 0 saturated carbocycles. The number of methoxy groups -OCH3 is 1. The molecule has 2 aliphatic rings. The second-order valence-corrected chi connectivity index (χ2v) is 18.6. The topological polar surface area (TPSA) is 326 Å². The van der Waals surface area contributed by atoms with Crippen LogP contribution in [0, 0.1) is 0 Å². The third kappa shape index (κ3) is 92.7. The summed E-state index contributed by atoms with van der Waals surface area (Å²) in [4.78, 5) is 91.9. The molecular weight excluding hydrogens is 1060 g/mol. The second-order valence-electron chi connectivity index (χ2n) is 18.6. The second kappa shape index (κ2) is 61.9. The fourth-order valence-corrected chi connectivity index (χ4v) is 5.39. The van der Waals surface area contributed by atoms with Crippen molar-refractivity contribution < 1.29 is 106 Å². The van der Waals surface area contributed by atoms with Gasteiger partial charge in [0.1, 0.15) is 38.1 Å². The largest absolute Gasteiger partial charge is 0.469 e. The predicted octanol–water partition coefficient (Wildman–Crippen LogP) is 0.422. The normalized spacial score (nSPS) is 13.0. The van der Waals surface area contributed by atoms with Crippen molar-refractivity contribution in [2.45, 2.75) is 107 Å². The third-order valence-corrected chi connectivity index (χ3v) is 8.91. The zero-order valence-electron chi connectivity index (χ0n) is 51.5. The maximum atomic E-state index is 10.5. The summed E-state index contributed by atoms with van der Waals surface area (Å²) in [6.45, 7) is 30.1. The van der Waals surface area contributed by atoms with Gasteiger partial charge in [0.05, 0.1) is 66.6 Å². The Balaban J connectivity index is -0.000000199. The first-order valence-corrected chi connectivity index (χ1v) is 26.6. The Labute approximate surface area is 477 Å². The number of morpholine rings is 2. The predicted molar refractivity (Wildman–Crippen MR) is 298 cm³/mol. The standard InChI is InChI=1S/C9H17NO4.C8H17NO4.C8H15NO3.C8H17NO2.C7H15NO2.C6H12O2.C4H8O3.C3H6O2/c1-8(11)14-7-9(12)6-10-2-4-13-5-3-10;1-8(12)13-7-4-9(2-5-10)3-6-11;1-8(10)12-7-4-9-2-5-11-6-3-9;1-8(10)11-7-5-4-6-9(2)3;1-7(9)10-6-4-5-8(2)3;1-5(7)8-6(2,3)4;1-4(6)7-3-2-5;1-3(4)5-2/h9,12H,2-7H2,1H3;10-11H,2-7H2,1H3;2-7H2,1H3;4-7H2,1-3H3;4-6H2,1-3H3;1-4H3;5H,2-3H2,1H3;1-2H3. The van der Waals surface area contributed by atoms with Crippen LogP contribution < -0.4 is 0 Å². The molecular formula is C53H107N5O22. The first-order valence-electron chi connectivity index (χ1n) is 26.6. The van der Waals surface area contributed by atoms with Crippen LogP contribution in [0.2, 0.25) is 0 Å². The van der Waals surface area contributed by atoms with Gasteiger partial charge >= 0.3 is 47.8 Å². The minimum atomic E-state index is -0.600. The molecule has 2 heterocycles. The number of nitrogens with zero attached hydrogens (tertiary/aromatic N) is 5. The molecule has 0 aliphatic carbocycles. The Morgan fingerprint density at radius 3 is 1.19 bits per heavy atom. The summed E-state index contributed by atoms with van der Waals surface area (Å²) in [6.07, 6.45) is 2.35. The van der Waals surface area contributed by atoms with E-state index in [2.05, 4.69) is 29.1 Å². The van der Waals surface area contributed by atoms with E-state index in [4.69, 9.17) is 53.2 Å². The summed E-state index contributed by atoms with van der Waals surface area (Å²) in [6, 6.07) is 0. The molecule has 476 valence electrons. The van der Waals surface area contributed by atoms with Crippen LogP contribution in [0.1, 0.15) is 95.4 Å². The lowest BCUT2D eigenvalue weighted by atomic mass is 10.2. The first-order chi connectivity index (χ1) is 37.4. The van der Waals surface area contributed by atoms with Crippen LogP contribution in [0.5, 0.6) is 0 Å². The van der Waals surface area contributed by atoms with E-state index in [0.29, 0.717) is 65.8 Å². The van der Waals surface area contributed by atoms with Crippen molar-refractivity contribution in [2.24, 2.45) is 0 Å². The Hall–Kier alpha value is -4.68. The number of aliphatic hydroxyl groups excluding tert-OH is 4. The molecule has 2 aliphatic heterocycles. The van der Waals surface area contributed by atoms with Gasteiger partial charge in [-0.1, -0.05) is 0 Å². The summed E-state index contributed by atoms with van der Waals surface area (Å²) >= 11 is 0. The van der Waals surface area contributed by atoms with E-state index in [1.54, 1.807) is 0 Å². The highest BCUT2D eigenvalue weighted by Gasteiger charge is 2.16. The lowest BCUT2D eigenvalue weighted by molar-refractivity contribution is -0.152. The fraction of sp³-hybridized carbons (Fsp3) is 0.849. The van der Waals surface area contributed by atoms with Crippen molar-refractivity contribution in [3.63, 3.8) is 0 Å². The average molecular weight is 1170 g/mol. The van der Waals surface area contributed by atoms with Gasteiger partial charge in [-0.05, 0) is 74.8 Å². The molecule has 0 bridgehead atoms. The van der Waals surface area contributed by atoms with Crippen molar-refractivity contribution in [3.8, 4) is 0 Å². The third-order valence-electron chi connectivity index (χ3n) is 8.91. The van der Waals surface area contributed by atoms with E-state index in [1.807, 2.05) is 53.9 Å². The van der Waals surface area contributed by atoms with Crippen molar-refractivity contribution in [2.75, 3.05) is 193 Å². The van der Waals surface area contributed by atoms with E-state index in [1.165, 1.54) is 62.5 Å². The van der Waals surface area contributed by atoms with E-state index < -0.39 is 6.10 Å². The quantitative estimate of drug-likeness (QED) is 0.0547. The van der Waals surface area contributed by atoms with Gasteiger partial charge in [-0.25, -0.2) is 0 Å². The van der Waals surface area contributed by atoms with Gasteiger partial charge in [-0.15, -0.1) is 0 Å². The zero-order valence-corrected chi connectivity index (χ0v) is 51.5. The number of hydrogen-bond acceptors (Lipinski definition) is 27. The monoisotopic (exact) mass is 1170 g/mol. The number of β-amino-alcohol motifs (C(OH)–C–C–N with tert-alkyl or cyclic N) is 1. The van der Waals surface area contributed by atoms with Crippen LogP contribution in [0.15, 0.2) is 0 Å². The van der Waals surface area contributed by atoms with Crippen LogP contribution in [-0.2, 0) is 85.7 Å². The minimum Gasteiger partial charge on any atom is -0.469 e. The zero-order chi connectivity index (χ0) is 62.7. The number of aliphatic hydroxyl groups is 4. The Morgan fingerprint density at radius 1 is 0.475 bits per heavy atom. The van der Waals surface area contributed by atoms with E-state index >= 15 is 0 Å². The number of hydrogen-bond donors (Lipinski definition) is 4. The van der Waals surface area contributed by atoms with E-state index in [9.17, 15) is 43.5 Å². The molecule has 1 unspecified atom stereocenters.